The molecule has 1 N–H and O–H groups in total. The van der Waals surface area contributed by atoms with E-state index in [9.17, 15) is 18.3 Å². The molecule has 2 aliphatic rings. The zero-order valence-corrected chi connectivity index (χ0v) is 14.5. The monoisotopic (exact) mass is 344 g/mol. The van der Waals surface area contributed by atoms with Gasteiger partial charge in [-0.1, -0.05) is 0 Å². The van der Waals surface area contributed by atoms with Gasteiger partial charge in [0, 0.05) is 41.9 Å². The Morgan fingerprint density at radius 1 is 1.36 bits per heavy atom. The van der Waals surface area contributed by atoms with E-state index in [1.54, 1.807) is 13.0 Å². The maximum Gasteiger partial charge on any atom is 0.312 e. The predicted molar refractivity (Wildman–Crippen MR) is 83.6 cm³/mol. The molecule has 0 bridgehead atoms. The zero-order valence-electron chi connectivity index (χ0n) is 12.9. The molecule has 3 heterocycles. The number of hydrogen-bond donors (Lipinski definition) is 1. The topological polar surface area (TPSA) is 77.9 Å². The number of rotatable bonds is 3. The van der Waals surface area contributed by atoms with Crippen LogP contribution in [0.3, 0.4) is 0 Å². The Kier molecular flexibility index (Phi) is 3.63. The highest BCUT2D eigenvalue weighted by Gasteiger charge is 2.59. The molecule has 0 unspecified atom stereocenters. The van der Waals surface area contributed by atoms with Crippen LogP contribution in [0.15, 0.2) is 11.0 Å². The zero-order chi connectivity index (χ0) is 16.3. The summed E-state index contributed by atoms with van der Waals surface area (Å²) in [6.07, 6.45) is 0. The number of carboxylic acid groups (broad SMARTS) is 1. The van der Waals surface area contributed by atoms with Gasteiger partial charge in [-0.3, -0.25) is 4.79 Å². The fourth-order valence-electron chi connectivity index (χ4n) is 3.76. The van der Waals surface area contributed by atoms with E-state index in [0.717, 1.165) is 9.75 Å². The van der Waals surface area contributed by atoms with Crippen molar-refractivity contribution in [1.29, 1.82) is 0 Å². The molecular weight excluding hydrogens is 324 g/mol. The number of likely N-dealkylation sites (tertiary alicyclic amines) is 1. The third-order valence-corrected chi connectivity index (χ3v) is 7.82. The lowest BCUT2D eigenvalue weighted by atomic mass is 9.81. The van der Waals surface area contributed by atoms with Crippen LogP contribution in [-0.4, -0.2) is 61.9 Å². The number of nitrogens with zero attached hydrogens (tertiary/aromatic N) is 2. The molecule has 0 radical (unpaired) electrons. The summed E-state index contributed by atoms with van der Waals surface area (Å²) in [6.45, 7) is 5.05. The number of carboxylic acids is 1. The van der Waals surface area contributed by atoms with Crippen molar-refractivity contribution in [2.45, 2.75) is 18.7 Å². The first-order valence-electron chi connectivity index (χ1n) is 7.16. The van der Waals surface area contributed by atoms with Crippen molar-refractivity contribution in [2.75, 3.05) is 33.2 Å². The Morgan fingerprint density at radius 2 is 2.05 bits per heavy atom. The largest absolute Gasteiger partial charge is 0.481 e. The Hall–Kier alpha value is -0.960. The Balaban J connectivity index is 1.95. The number of carbonyl (C=O) groups is 1. The van der Waals surface area contributed by atoms with Gasteiger partial charge in [-0.2, -0.15) is 4.31 Å². The summed E-state index contributed by atoms with van der Waals surface area (Å²) in [5.74, 6) is -1.04. The average Bonchev–Trinajstić information content (AvgIpc) is 2.99. The molecule has 0 amide bonds. The highest BCUT2D eigenvalue weighted by molar-refractivity contribution is 7.89. The number of thiophene rings is 1. The van der Waals surface area contributed by atoms with Gasteiger partial charge in [0.25, 0.3) is 0 Å². The summed E-state index contributed by atoms with van der Waals surface area (Å²) >= 11 is 1.45. The molecule has 6 nitrogen and oxygen atoms in total. The smallest absolute Gasteiger partial charge is 0.312 e. The van der Waals surface area contributed by atoms with Crippen molar-refractivity contribution in [1.82, 2.24) is 9.21 Å². The second-order valence-electron chi connectivity index (χ2n) is 6.43. The van der Waals surface area contributed by atoms with Gasteiger partial charge in [-0.05, 0) is 27.0 Å². The molecule has 2 fully saturated rings. The van der Waals surface area contributed by atoms with Crippen molar-refractivity contribution in [3.05, 3.63) is 15.8 Å². The normalized spacial score (nSPS) is 29.9. The highest BCUT2D eigenvalue weighted by atomic mass is 32.2. The van der Waals surface area contributed by atoms with E-state index >= 15 is 0 Å². The molecule has 0 aliphatic carbocycles. The first-order chi connectivity index (χ1) is 10.2. The van der Waals surface area contributed by atoms with Gasteiger partial charge < -0.3 is 10.0 Å². The molecule has 1 aromatic heterocycles. The molecular formula is C14H20N2O4S2. The predicted octanol–water partition coefficient (Wildman–Crippen LogP) is 1.00. The number of aryl methyl sites for hydroxylation is 2. The molecule has 1 aromatic rings. The van der Waals surface area contributed by atoms with E-state index in [4.69, 9.17) is 0 Å². The quantitative estimate of drug-likeness (QED) is 0.885. The van der Waals surface area contributed by atoms with Gasteiger partial charge in [0.15, 0.2) is 0 Å². The SMILES string of the molecule is Cc1cc(S(=O)(=O)N2C[C@H]3CN(C)C[C@@]3(C(=O)O)C2)c(C)s1. The van der Waals surface area contributed by atoms with Gasteiger partial charge in [-0.25, -0.2) is 8.42 Å². The molecule has 0 aromatic carbocycles. The van der Waals surface area contributed by atoms with Crippen LogP contribution in [0.1, 0.15) is 9.75 Å². The Morgan fingerprint density at radius 3 is 2.55 bits per heavy atom. The first kappa shape index (κ1) is 15.9. The molecule has 122 valence electrons. The fraction of sp³-hybridized carbons (Fsp3) is 0.643. The highest BCUT2D eigenvalue weighted by Crippen LogP contribution is 2.44. The molecule has 8 heteroatoms. The second kappa shape index (κ2) is 5.02. The molecule has 3 rings (SSSR count). The van der Waals surface area contributed by atoms with Gasteiger partial charge >= 0.3 is 5.97 Å². The molecule has 0 spiro atoms. The van der Waals surface area contributed by atoms with Crippen molar-refractivity contribution >= 4 is 27.3 Å². The number of fused-ring (bicyclic) bond motifs is 1. The van der Waals surface area contributed by atoms with Gasteiger partial charge in [0.05, 0.1) is 10.3 Å². The maximum atomic E-state index is 12.9. The van der Waals surface area contributed by atoms with E-state index in [0.29, 0.717) is 18.0 Å². The molecule has 2 atom stereocenters. The minimum Gasteiger partial charge on any atom is -0.481 e. The minimum absolute atomic E-state index is 0.0635. The summed E-state index contributed by atoms with van der Waals surface area (Å²) in [5, 5.41) is 9.66. The Labute approximate surface area is 134 Å². The van der Waals surface area contributed by atoms with Crippen molar-refractivity contribution < 1.29 is 18.3 Å². The molecule has 2 aliphatic heterocycles. The van der Waals surface area contributed by atoms with Crippen molar-refractivity contribution in [2.24, 2.45) is 11.3 Å². The van der Waals surface area contributed by atoms with E-state index in [2.05, 4.69) is 0 Å². The first-order valence-corrected chi connectivity index (χ1v) is 9.41. The summed E-state index contributed by atoms with van der Waals surface area (Å²) in [5.41, 5.74) is -0.971. The van der Waals surface area contributed by atoms with Crippen LogP contribution in [-0.2, 0) is 14.8 Å². The summed E-state index contributed by atoms with van der Waals surface area (Å²) in [7, 11) is -1.73. The molecule has 0 saturated carbocycles. The van der Waals surface area contributed by atoms with Crippen molar-refractivity contribution in [3.8, 4) is 0 Å². The summed E-state index contributed by atoms with van der Waals surface area (Å²) < 4.78 is 27.1. The fourth-order valence-corrected chi connectivity index (χ4v) is 6.84. The van der Waals surface area contributed by atoms with Gasteiger partial charge in [0.2, 0.25) is 10.0 Å². The van der Waals surface area contributed by atoms with Crippen LogP contribution in [0.2, 0.25) is 0 Å². The van der Waals surface area contributed by atoms with Gasteiger partial charge in [0.1, 0.15) is 0 Å². The molecule has 2 saturated heterocycles. The summed E-state index contributed by atoms with van der Waals surface area (Å²) in [6, 6.07) is 1.68. The third-order valence-electron chi connectivity index (χ3n) is 4.79. The summed E-state index contributed by atoms with van der Waals surface area (Å²) in [4.78, 5) is 15.8. The minimum atomic E-state index is -3.62. The number of sulfonamides is 1. The van der Waals surface area contributed by atoms with E-state index < -0.39 is 21.4 Å². The van der Waals surface area contributed by atoms with Crippen LogP contribution < -0.4 is 0 Å². The standard InChI is InChI=1S/C14H20N2O4S2/c1-9-4-12(10(2)21-9)22(19,20)16-6-11-5-15(3)7-14(11,8-16)13(17)18/h4,11H,5-8H2,1-3H3,(H,17,18)/t11-,14-/m1/s1. The van der Waals surface area contributed by atoms with Crippen molar-refractivity contribution in [3.63, 3.8) is 0 Å². The Bertz CT molecular complexity index is 727. The number of hydrogen-bond acceptors (Lipinski definition) is 5. The number of aliphatic carboxylic acids is 1. The lowest BCUT2D eigenvalue weighted by Gasteiger charge is -2.23. The lowest BCUT2D eigenvalue weighted by molar-refractivity contribution is -0.148. The van der Waals surface area contributed by atoms with Crippen LogP contribution in [0.25, 0.3) is 0 Å². The van der Waals surface area contributed by atoms with E-state index in [1.165, 1.54) is 15.6 Å². The van der Waals surface area contributed by atoms with E-state index in [-0.39, 0.29) is 19.0 Å². The van der Waals surface area contributed by atoms with Crippen LogP contribution in [0.4, 0.5) is 0 Å². The second-order valence-corrected chi connectivity index (χ2v) is 9.80. The molecule has 22 heavy (non-hydrogen) atoms. The lowest BCUT2D eigenvalue weighted by Crippen LogP contribution is -2.41. The maximum absolute atomic E-state index is 12.9. The van der Waals surface area contributed by atoms with Crippen LogP contribution in [0.5, 0.6) is 0 Å². The average molecular weight is 344 g/mol. The van der Waals surface area contributed by atoms with Crippen LogP contribution >= 0.6 is 11.3 Å². The van der Waals surface area contributed by atoms with Gasteiger partial charge in [-0.15, -0.1) is 11.3 Å². The van der Waals surface area contributed by atoms with Crippen LogP contribution in [0, 0.1) is 25.2 Å². The third kappa shape index (κ3) is 2.20. The van der Waals surface area contributed by atoms with E-state index in [1.807, 2.05) is 18.9 Å².